The van der Waals surface area contributed by atoms with Gasteiger partial charge >= 0.3 is 0 Å². The van der Waals surface area contributed by atoms with Gasteiger partial charge in [0.2, 0.25) is 0 Å². The van der Waals surface area contributed by atoms with Crippen LogP contribution >= 0.6 is 0 Å². The number of aryl methyl sites for hydroxylation is 2. The third-order valence-corrected chi connectivity index (χ3v) is 3.00. The van der Waals surface area contributed by atoms with Crippen LogP contribution in [0.3, 0.4) is 0 Å². The quantitative estimate of drug-likeness (QED) is 0.778. The molecule has 0 bridgehead atoms. The van der Waals surface area contributed by atoms with Crippen molar-refractivity contribution in [3.05, 3.63) is 35.4 Å². The molecule has 1 nitrogen and oxygen atoms in total. The van der Waals surface area contributed by atoms with Gasteiger partial charge in [0.15, 0.2) is 0 Å². The number of hydrogen-bond acceptors (Lipinski definition) is 1. The van der Waals surface area contributed by atoms with E-state index in [0.717, 1.165) is 0 Å². The van der Waals surface area contributed by atoms with Gasteiger partial charge in [0.25, 0.3) is 0 Å². The highest BCUT2D eigenvalue weighted by Gasteiger charge is 2.10. The molecule has 1 heteroatoms. The Morgan fingerprint density at radius 3 is 2.53 bits per heavy atom. The van der Waals surface area contributed by atoms with Crippen LogP contribution in [-0.2, 0) is 6.42 Å². The standard InChI is InChI=1S/C14H23N/c1-11(2)14(15-4)9-8-13-7-5-6-12(3)10-13/h5-7,10-11,14-15H,8-9H2,1-4H3. The summed E-state index contributed by atoms with van der Waals surface area (Å²) in [6, 6.07) is 9.44. The molecule has 0 heterocycles. The largest absolute Gasteiger partial charge is 0.317 e. The molecule has 0 amide bonds. The van der Waals surface area contributed by atoms with Crippen LogP contribution in [0.15, 0.2) is 24.3 Å². The van der Waals surface area contributed by atoms with Gasteiger partial charge in [-0.1, -0.05) is 43.7 Å². The van der Waals surface area contributed by atoms with Gasteiger partial charge in [-0.25, -0.2) is 0 Å². The van der Waals surface area contributed by atoms with Crippen LogP contribution in [0.2, 0.25) is 0 Å². The zero-order valence-electron chi connectivity index (χ0n) is 10.4. The van der Waals surface area contributed by atoms with E-state index in [1.54, 1.807) is 0 Å². The Hall–Kier alpha value is -0.820. The van der Waals surface area contributed by atoms with Crippen LogP contribution in [0.1, 0.15) is 31.4 Å². The maximum atomic E-state index is 3.39. The van der Waals surface area contributed by atoms with Gasteiger partial charge in [0.05, 0.1) is 0 Å². The average molecular weight is 205 g/mol. The van der Waals surface area contributed by atoms with E-state index in [0.29, 0.717) is 12.0 Å². The third kappa shape index (κ3) is 4.05. The molecule has 15 heavy (non-hydrogen) atoms. The second-order valence-electron chi connectivity index (χ2n) is 4.67. The number of hydrogen-bond donors (Lipinski definition) is 1. The maximum Gasteiger partial charge on any atom is 0.00902 e. The van der Waals surface area contributed by atoms with E-state index in [2.05, 4.69) is 57.4 Å². The molecule has 84 valence electrons. The van der Waals surface area contributed by atoms with E-state index in [1.165, 1.54) is 24.0 Å². The lowest BCUT2D eigenvalue weighted by Gasteiger charge is -2.20. The summed E-state index contributed by atoms with van der Waals surface area (Å²) in [5.41, 5.74) is 2.81. The Morgan fingerprint density at radius 1 is 1.27 bits per heavy atom. The van der Waals surface area contributed by atoms with Crippen molar-refractivity contribution >= 4 is 0 Å². The molecule has 0 radical (unpaired) electrons. The monoisotopic (exact) mass is 205 g/mol. The highest BCUT2D eigenvalue weighted by Crippen LogP contribution is 2.12. The number of nitrogens with one attached hydrogen (secondary N) is 1. The van der Waals surface area contributed by atoms with Crippen LogP contribution in [-0.4, -0.2) is 13.1 Å². The fourth-order valence-corrected chi connectivity index (χ4v) is 2.00. The molecule has 1 N–H and O–H groups in total. The molecule has 0 saturated carbocycles. The Morgan fingerprint density at radius 2 is 2.00 bits per heavy atom. The van der Waals surface area contributed by atoms with E-state index >= 15 is 0 Å². The molecule has 0 saturated heterocycles. The molecule has 0 aromatic heterocycles. The molecule has 1 aromatic rings. The average Bonchev–Trinajstić information content (AvgIpc) is 2.18. The molecule has 0 aliphatic rings. The molecule has 1 aromatic carbocycles. The van der Waals surface area contributed by atoms with Gasteiger partial charge in [0, 0.05) is 6.04 Å². The van der Waals surface area contributed by atoms with E-state index < -0.39 is 0 Å². The summed E-state index contributed by atoms with van der Waals surface area (Å²) in [4.78, 5) is 0. The van der Waals surface area contributed by atoms with Crippen molar-refractivity contribution in [3.63, 3.8) is 0 Å². The van der Waals surface area contributed by atoms with Crippen molar-refractivity contribution in [1.29, 1.82) is 0 Å². The number of rotatable bonds is 5. The minimum absolute atomic E-state index is 0.630. The Kier molecular flexibility index (Phi) is 4.83. The normalized spacial score (nSPS) is 13.1. The van der Waals surface area contributed by atoms with Gasteiger partial charge < -0.3 is 5.32 Å². The lowest BCUT2D eigenvalue weighted by atomic mass is 9.96. The molecule has 0 fully saturated rings. The highest BCUT2D eigenvalue weighted by atomic mass is 14.9. The summed E-state index contributed by atoms with van der Waals surface area (Å²) in [5, 5.41) is 3.39. The Balaban J connectivity index is 2.49. The zero-order chi connectivity index (χ0) is 11.3. The number of benzene rings is 1. The topological polar surface area (TPSA) is 12.0 Å². The van der Waals surface area contributed by atoms with Crippen LogP contribution in [0.4, 0.5) is 0 Å². The molecule has 1 unspecified atom stereocenters. The zero-order valence-corrected chi connectivity index (χ0v) is 10.4. The third-order valence-electron chi connectivity index (χ3n) is 3.00. The van der Waals surface area contributed by atoms with Gasteiger partial charge in [-0.3, -0.25) is 0 Å². The second kappa shape index (κ2) is 5.92. The van der Waals surface area contributed by atoms with Crippen molar-refractivity contribution in [2.45, 2.75) is 39.7 Å². The van der Waals surface area contributed by atoms with Crippen LogP contribution in [0, 0.1) is 12.8 Å². The second-order valence-corrected chi connectivity index (χ2v) is 4.67. The van der Waals surface area contributed by atoms with Crippen molar-refractivity contribution in [2.75, 3.05) is 7.05 Å². The van der Waals surface area contributed by atoms with Gasteiger partial charge in [-0.15, -0.1) is 0 Å². The highest BCUT2D eigenvalue weighted by molar-refractivity contribution is 5.22. The molecule has 1 rings (SSSR count). The summed E-state index contributed by atoms with van der Waals surface area (Å²) in [5.74, 6) is 0.708. The maximum absolute atomic E-state index is 3.39. The van der Waals surface area contributed by atoms with Crippen LogP contribution in [0.5, 0.6) is 0 Å². The summed E-state index contributed by atoms with van der Waals surface area (Å²) in [7, 11) is 2.06. The first-order chi connectivity index (χ1) is 7.13. The molecule has 0 aliphatic heterocycles. The van der Waals surface area contributed by atoms with Crippen LogP contribution < -0.4 is 5.32 Å². The first kappa shape index (κ1) is 12.3. The summed E-state index contributed by atoms with van der Waals surface area (Å²) >= 11 is 0. The van der Waals surface area contributed by atoms with Crippen molar-refractivity contribution in [1.82, 2.24) is 5.32 Å². The molecular formula is C14H23N. The lowest BCUT2D eigenvalue weighted by Crippen LogP contribution is -2.30. The minimum atomic E-state index is 0.630. The van der Waals surface area contributed by atoms with E-state index in [9.17, 15) is 0 Å². The van der Waals surface area contributed by atoms with Gasteiger partial charge in [-0.05, 0) is 38.3 Å². The van der Waals surface area contributed by atoms with E-state index in [-0.39, 0.29) is 0 Å². The predicted molar refractivity (Wildman–Crippen MR) is 67.2 cm³/mol. The molecular weight excluding hydrogens is 182 g/mol. The predicted octanol–water partition coefficient (Wildman–Crippen LogP) is 3.17. The molecule has 1 atom stereocenters. The van der Waals surface area contributed by atoms with Crippen molar-refractivity contribution in [2.24, 2.45) is 5.92 Å². The summed E-state index contributed by atoms with van der Waals surface area (Å²) in [6.45, 7) is 6.70. The summed E-state index contributed by atoms with van der Waals surface area (Å²) in [6.07, 6.45) is 2.39. The first-order valence-corrected chi connectivity index (χ1v) is 5.86. The molecule has 0 spiro atoms. The van der Waals surface area contributed by atoms with Crippen molar-refractivity contribution in [3.8, 4) is 0 Å². The minimum Gasteiger partial charge on any atom is -0.317 e. The Labute approximate surface area is 93.9 Å². The van der Waals surface area contributed by atoms with Gasteiger partial charge in [-0.2, -0.15) is 0 Å². The fourth-order valence-electron chi connectivity index (χ4n) is 2.00. The summed E-state index contributed by atoms with van der Waals surface area (Å²) < 4.78 is 0. The molecule has 0 aliphatic carbocycles. The van der Waals surface area contributed by atoms with E-state index in [4.69, 9.17) is 0 Å². The lowest BCUT2D eigenvalue weighted by molar-refractivity contribution is 0.403. The smallest absolute Gasteiger partial charge is 0.00902 e. The fraction of sp³-hybridized carbons (Fsp3) is 0.571. The first-order valence-electron chi connectivity index (χ1n) is 5.86. The van der Waals surface area contributed by atoms with Crippen LogP contribution in [0.25, 0.3) is 0 Å². The van der Waals surface area contributed by atoms with Gasteiger partial charge in [0.1, 0.15) is 0 Å². The SMILES string of the molecule is CNC(CCc1cccc(C)c1)C(C)C. The van der Waals surface area contributed by atoms with Crippen molar-refractivity contribution < 1.29 is 0 Å². The Bertz CT molecular complexity index is 291. The van der Waals surface area contributed by atoms with E-state index in [1.807, 2.05) is 0 Å².